The van der Waals surface area contributed by atoms with Gasteiger partial charge in [-0.3, -0.25) is 0 Å². The maximum atomic E-state index is 10.9. The first-order chi connectivity index (χ1) is 28.6. The van der Waals surface area contributed by atoms with E-state index in [0.717, 1.165) is 82.8 Å². The molecule has 0 aliphatic rings. The fourth-order valence-corrected chi connectivity index (χ4v) is 8.32. The summed E-state index contributed by atoms with van der Waals surface area (Å²) in [7, 11) is 0. The summed E-state index contributed by atoms with van der Waals surface area (Å²) < 4.78 is 4.55. The van der Waals surface area contributed by atoms with Crippen LogP contribution in [-0.4, -0.2) is 9.13 Å². The van der Waals surface area contributed by atoms with Gasteiger partial charge in [0.15, 0.2) is 0 Å². The molecule has 10 aromatic rings. The Balaban J connectivity index is 1.34. The van der Waals surface area contributed by atoms with Crippen LogP contribution in [0.2, 0.25) is 0 Å². The second-order valence-corrected chi connectivity index (χ2v) is 14.2. The van der Waals surface area contributed by atoms with E-state index in [1.165, 1.54) is 0 Å². The van der Waals surface area contributed by atoms with Crippen LogP contribution in [0.1, 0.15) is 22.3 Å². The molecule has 8 aromatic carbocycles. The number of aromatic nitrogens is 2. The molecule has 0 N–H and O–H groups in total. The molecule has 58 heavy (non-hydrogen) atoms. The molecular weight excluding hydrogens is 709 g/mol. The zero-order valence-corrected chi connectivity index (χ0v) is 30.8. The van der Waals surface area contributed by atoms with E-state index in [0.29, 0.717) is 27.8 Å². The van der Waals surface area contributed by atoms with Gasteiger partial charge in [-0.2, -0.15) is 21.0 Å². The molecule has 0 radical (unpaired) electrons. The first-order valence-corrected chi connectivity index (χ1v) is 18.7. The average Bonchev–Trinajstić information content (AvgIpc) is 3.80. The van der Waals surface area contributed by atoms with Crippen LogP contribution in [-0.2, 0) is 0 Å². The molecular formula is C52H28N6. The molecule has 10 rings (SSSR count). The van der Waals surface area contributed by atoms with E-state index in [9.17, 15) is 21.0 Å². The van der Waals surface area contributed by atoms with E-state index >= 15 is 0 Å². The number of rotatable bonds is 5. The lowest BCUT2D eigenvalue weighted by atomic mass is 9.96. The summed E-state index contributed by atoms with van der Waals surface area (Å²) in [5, 5.41) is 44.0. The molecule has 2 aromatic heterocycles. The molecule has 0 spiro atoms. The first-order valence-electron chi connectivity index (χ1n) is 18.7. The maximum Gasteiger partial charge on any atom is 0.0998 e. The minimum absolute atomic E-state index is 0.474. The van der Waals surface area contributed by atoms with Crippen LogP contribution in [0.25, 0.3) is 88.4 Å². The number of fused-ring (bicyclic) bond motifs is 6. The van der Waals surface area contributed by atoms with Crippen LogP contribution in [0.4, 0.5) is 0 Å². The summed E-state index contributed by atoms with van der Waals surface area (Å²) in [4.78, 5) is 0. The summed E-state index contributed by atoms with van der Waals surface area (Å²) in [5.41, 5.74) is 13.2. The number of para-hydroxylation sites is 2. The molecule has 266 valence electrons. The first kappa shape index (κ1) is 33.9. The van der Waals surface area contributed by atoms with Crippen molar-refractivity contribution in [3.05, 3.63) is 192 Å². The minimum atomic E-state index is 0.474. The van der Waals surface area contributed by atoms with E-state index < -0.39 is 0 Å². The van der Waals surface area contributed by atoms with Gasteiger partial charge in [-0.1, -0.05) is 97.1 Å². The van der Waals surface area contributed by atoms with Crippen molar-refractivity contribution in [1.82, 2.24) is 9.13 Å². The third kappa shape index (κ3) is 5.38. The van der Waals surface area contributed by atoms with E-state index in [4.69, 9.17) is 0 Å². The molecule has 0 aliphatic carbocycles. The van der Waals surface area contributed by atoms with Gasteiger partial charge in [-0.05, 0) is 101 Å². The van der Waals surface area contributed by atoms with Gasteiger partial charge in [-0.25, -0.2) is 0 Å². The largest absolute Gasteiger partial charge is 0.307 e. The lowest BCUT2D eigenvalue weighted by Crippen LogP contribution is -2.05. The highest BCUT2D eigenvalue weighted by molar-refractivity contribution is 6.13. The number of nitrogens with zero attached hydrogens (tertiary/aromatic N) is 6. The number of benzene rings is 8. The second-order valence-electron chi connectivity index (χ2n) is 14.2. The molecule has 0 aliphatic heterocycles. The van der Waals surface area contributed by atoms with Crippen molar-refractivity contribution < 1.29 is 0 Å². The van der Waals surface area contributed by atoms with Crippen molar-refractivity contribution in [3.63, 3.8) is 0 Å². The highest BCUT2D eigenvalue weighted by Gasteiger charge is 2.23. The molecule has 6 heteroatoms. The van der Waals surface area contributed by atoms with Gasteiger partial charge < -0.3 is 9.13 Å². The Labute approximate surface area is 333 Å². The van der Waals surface area contributed by atoms with Gasteiger partial charge in [0.25, 0.3) is 0 Å². The Kier molecular flexibility index (Phi) is 7.92. The predicted octanol–water partition coefficient (Wildman–Crippen LogP) is 12.4. The molecule has 0 amide bonds. The summed E-state index contributed by atoms with van der Waals surface area (Å²) in [6.45, 7) is 0. The van der Waals surface area contributed by atoms with E-state index in [-0.39, 0.29) is 0 Å². The standard InChI is InChI=1S/C52H28N6/c53-29-33-12-16-36(17-13-33)38-20-22-44-42-8-1-3-10-47(42)57(49(44)25-38)51-27-41(32-56)46(40-7-5-6-35(24-40)31-55)28-52(51)58-48-11-4-2-9-43(48)45-23-21-39(26-50(45)58)37-18-14-34(30-54)15-19-37/h1-28H. The lowest BCUT2D eigenvalue weighted by molar-refractivity contribution is 1.09. The highest BCUT2D eigenvalue weighted by atomic mass is 15.1. The van der Waals surface area contributed by atoms with Crippen LogP contribution < -0.4 is 0 Å². The van der Waals surface area contributed by atoms with Crippen LogP contribution >= 0.6 is 0 Å². The van der Waals surface area contributed by atoms with Gasteiger partial charge >= 0.3 is 0 Å². The van der Waals surface area contributed by atoms with Crippen LogP contribution in [0, 0.1) is 45.3 Å². The Morgan fingerprint density at radius 1 is 0.310 bits per heavy atom. The molecule has 0 atom stereocenters. The Hall–Kier alpha value is -8.68. The van der Waals surface area contributed by atoms with Crippen molar-refractivity contribution in [2.75, 3.05) is 0 Å². The van der Waals surface area contributed by atoms with Gasteiger partial charge in [0.1, 0.15) is 0 Å². The lowest BCUT2D eigenvalue weighted by Gasteiger charge is -2.20. The minimum Gasteiger partial charge on any atom is -0.307 e. The predicted molar refractivity (Wildman–Crippen MR) is 230 cm³/mol. The summed E-state index contributed by atoms with van der Waals surface area (Å²) in [6, 6.07) is 65.6. The average molecular weight is 737 g/mol. The second kappa shape index (κ2) is 13.6. The smallest absolute Gasteiger partial charge is 0.0998 e. The Morgan fingerprint density at radius 2 is 0.776 bits per heavy atom. The van der Waals surface area contributed by atoms with E-state index in [1.54, 1.807) is 6.07 Å². The van der Waals surface area contributed by atoms with Crippen LogP contribution in [0.3, 0.4) is 0 Å². The SMILES string of the molecule is N#Cc1ccc(-c2ccc3c4ccccc4n(-c4cc(C#N)c(-c5cccc(C#N)c5)cc4-n4c5ccccc5c5ccc(-c6ccc(C#N)cc6)cc54)c3c2)cc1. The Morgan fingerprint density at radius 3 is 1.28 bits per heavy atom. The zero-order valence-electron chi connectivity index (χ0n) is 30.8. The topological polar surface area (TPSA) is 105 Å². The molecule has 0 saturated carbocycles. The van der Waals surface area contributed by atoms with Crippen LogP contribution in [0.15, 0.2) is 170 Å². The fourth-order valence-electron chi connectivity index (χ4n) is 8.32. The van der Waals surface area contributed by atoms with Crippen molar-refractivity contribution in [1.29, 1.82) is 21.0 Å². The van der Waals surface area contributed by atoms with E-state index in [1.807, 2.05) is 91.0 Å². The van der Waals surface area contributed by atoms with Gasteiger partial charge in [0.2, 0.25) is 0 Å². The monoisotopic (exact) mass is 736 g/mol. The van der Waals surface area contributed by atoms with Gasteiger partial charge in [0, 0.05) is 27.1 Å². The molecule has 0 fully saturated rings. The van der Waals surface area contributed by atoms with Crippen molar-refractivity contribution in [2.24, 2.45) is 0 Å². The number of hydrogen-bond donors (Lipinski definition) is 0. The zero-order chi connectivity index (χ0) is 39.3. The molecule has 0 saturated heterocycles. The van der Waals surface area contributed by atoms with E-state index in [2.05, 4.69) is 106 Å². The molecule has 2 heterocycles. The van der Waals surface area contributed by atoms with Crippen molar-refractivity contribution in [3.8, 4) is 69.0 Å². The summed E-state index contributed by atoms with van der Waals surface area (Å²) in [6.07, 6.45) is 0. The van der Waals surface area contributed by atoms with Crippen LogP contribution in [0.5, 0.6) is 0 Å². The normalized spacial score (nSPS) is 11.0. The molecule has 0 unspecified atom stereocenters. The summed E-state index contributed by atoms with van der Waals surface area (Å²) >= 11 is 0. The van der Waals surface area contributed by atoms with Gasteiger partial charge in [0.05, 0.1) is 80.0 Å². The maximum absolute atomic E-state index is 10.9. The third-order valence-electron chi connectivity index (χ3n) is 11.1. The Bertz CT molecular complexity index is 3480. The van der Waals surface area contributed by atoms with Crippen molar-refractivity contribution >= 4 is 43.6 Å². The fraction of sp³-hybridized carbons (Fsp3) is 0. The number of nitriles is 4. The number of hydrogen-bond acceptors (Lipinski definition) is 4. The highest BCUT2D eigenvalue weighted by Crippen LogP contribution is 2.42. The van der Waals surface area contributed by atoms with Crippen molar-refractivity contribution in [2.45, 2.75) is 0 Å². The molecule has 6 nitrogen and oxygen atoms in total. The van der Waals surface area contributed by atoms with Gasteiger partial charge in [-0.15, -0.1) is 0 Å². The summed E-state index contributed by atoms with van der Waals surface area (Å²) in [5.74, 6) is 0. The molecule has 0 bridgehead atoms. The third-order valence-corrected chi connectivity index (χ3v) is 11.1. The quantitative estimate of drug-likeness (QED) is 0.175.